The molecule has 0 saturated carbocycles. The number of carbonyl (C=O) groups is 1. The van der Waals surface area contributed by atoms with Crippen LogP contribution in [0.15, 0.2) is 16.6 Å². The summed E-state index contributed by atoms with van der Waals surface area (Å²) in [5, 5.41) is 3.46. The van der Waals surface area contributed by atoms with E-state index in [1.165, 1.54) is 0 Å². The number of benzene rings is 1. The van der Waals surface area contributed by atoms with Gasteiger partial charge in [-0.15, -0.1) is 0 Å². The Morgan fingerprint density at radius 1 is 1.57 bits per heavy atom. The number of ketones is 1. The second-order valence-electron chi connectivity index (χ2n) is 3.03. The highest BCUT2D eigenvalue weighted by Crippen LogP contribution is 2.26. The van der Waals surface area contributed by atoms with Crippen molar-refractivity contribution in [2.75, 3.05) is 13.6 Å². The van der Waals surface area contributed by atoms with E-state index >= 15 is 0 Å². The maximum atomic E-state index is 11.6. The van der Waals surface area contributed by atoms with Gasteiger partial charge in [0.05, 0.1) is 11.6 Å². The van der Waals surface area contributed by atoms with E-state index in [-0.39, 0.29) is 5.78 Å². The summed E-state index contributed by atoms with van der Waals surface area (Å²) in [7, 11) is 1.75. The van der Waals surface area contributed by atoms with Crippen molar-refractivity contribution >= 4 is 33.3 Å². The molecule has 76 valence electrons. The van der Waals surface area contributed by atoms with E-state index in [1.54, 1.807) is 19.2 Å². The molecule has 0 fully saturated rings. The van der Waals surface area contributed by atoms with Gasteiger partial charge in [-0.2, -0.15) is 0 Å². The Bertz CT molecular complexity index is 365. The molecule has 0 heterocycles. The quantitative estimate of drug-likeness (QED) is 0.860. The lowest BCUT2D eigenvalue weighted by Gasteiger charge is -2.06. The molecule has 0 saturated heterocycles. The topological polar surface area (TPSA) is 29.1 Å². The zero-order valence-corrected chi connectivity index (χ0v) is 10.4. The molecule has 0 amide bonds. The van der Waals surface area contributed by atoms with Crippen LogP contribution in [0.3, 0.4) is 0 Å². The van der Waals surface area contributed by atoms with Gasteiger partial charge in [0.2, 0.25) is 0 Å². The van der Waals surface area contributed by atoms with Gasteiger partial charge < -0.3 is 5.32 Å². The molecule has 0 bridgehead atoms. The molecule has 0 unspecified atom stereocenters. The van der Waals surface area contributed by atoms with Crippen LogP contribution in [-0.4, -0.2) is 19.4 Å². The molecule has 0 aliphatic carbocycles. The largest absolute Gasteiger partial charge is 0.313 e. The second-order valence-corrected chi connectivity index (χ2v) is 4.30. The Morgan fingerprint density at radius 3 is 2.79 bits per heavy atom. The lowest BCUT2D eigenvalue weighted by Crippen LogP contribution is -2.19. The van der Waals surface area contributed by atoms with E-state index in [4.69, 9.17) is 11.6 Å². The average Bonchev–Trinajstić information content (AvgIpc) is 2.11. The summed E-state index contributed by atoms with van der Waals surface area (Å²) in [4.78, 5) is 11.6. The predicted octanol–water partition coefficient (Wildman–Crippen LogP) is 2.81. The van der Waals surface area contributed by atoms with Gasteiger partial charge in [0.15, 0.2) is 5.78 Å². The van der Waals surface area contributed by atoms with E-state index in [1.807, 2.05) is 6.92 Å². The number of likely N-dealkylation sites (N-methyl/N-ethyl adjacent to an activating group) is 1. The minimum atomic E-state index is 0.0716. The SMILES string of the molecule is CNCC(=O)c1cc(Br)c(Cl)cc1C. The number of rotatable bonds is 3. The first-order valence-corrected chi connectivity index (χ1v) is 5.36. The van der Waals surface area contributed by atoms with E-state index in [0.717, 1.165) is 10.0 Å². The summed E-state index contributed by atoms with van der Waals surface area (Å²) in [6.07, 6.45) is 0. The van der Waals surface area contributed by atoms with E-state index in [0.29, 0.717) is 17.1 Å². The van der Waals surface area contributed by atoms with Crippen molar-refractivity contribution in [3.63, 3.8) is 0 Å². The van der Waals surface area contributed by atoms with Crippen LogP contribution < -0.4 is 5.32 Å². The van der Waals surface area contributed by atoms with Crippen LogP contribution in [0.1, 0.15) is 15.9 Å². The van der Waals surface area contributed by atoms with Gasteiger partial charge in [0, 0.05) is 10.0 Å². The average molecular weight is 277 g/mol. The fourth-order valence-electron chi connectivity index (χ4n) is 1.20. The first-order valence-electron chi connectivity index (χ1n) is 4.19. The number of halogens is 2. The van der Waals surface area contributed by atoms with Crippen LogP contribution in [0.4, 0.5) is 0 Å². The summed E-state index contributed by atoms with van der Waals surface area (Å²) in [6.45, 7) is 2.22. The summed E-state index contributed by atoms with van der Waals surface area (Å²) in [5.41, 5.74) is 1.61. The minimum Gasteiger partial charge on any atom is -0.313 e. The Hall–Kier alpha value is -0.380. The van der Waals surface area contributed by atoms with Crippen LogP contribution in [0.25, 0.3) is 0 Å². The third-order valence-electron chi connectivity index (χ3n) is 1.91. The molecule has 0 spiro atoms. The zero-order valence-electron chi connectivity index (χ0n) is 8.03. The van der Waals surface area contributed by atoms with Crippen molar-refractivity contribution in [1.82, 2.24) is 5.32 Å². The molecule has 1 rings (SSSR count). The van der Waals surface area contributed by atoms with Crippen molar-refractivity contribution in [3.05, 3.63) is 32.8 Å². The highest BCUT2D eigenvalue weighted by atomic mass is 79.9. The fraction of sp³-hybridized carbons (Fsp3) is 0.300. The molecule has 0 atom stereocenters. The highest BCUT2D eigenvalue weighted by Gasteiger charge is 2.10. The summed E-state index contributed by atoms with van der Waals surface area (Å²) in [5.74, 6) is 0.0716. The highest BCUT2D eigenvalue weighted by molar-refractivity contribution is 9.10. The maximum absolute atomic E-state index is 11.6. The van der Waals surface area contributed by atoms with Crippen LogP contribution in [0, 0.1) is 6.92 Å². The van der Waals surface area contributed by atoms with Crippen molar-refractivity contribution in [2.45, 2.75) is 6.92 Å². The van der Waals surface area contributed by atoms with Gasteiger partial charge in [-0.1, -0.05) is 11.6 Å². The lowest BCUT2D eigenvalue weighted by molar-refractivity contribution is 0.0993. The van der Waals surface area contributed by atoms with Crippen LogP contribution in [0.2, 0.25) is 5.02 Å². The molecule has 1 aromatic rings. The second kappa shape index (κ2) is 4.91. The fourth-order valence-corrected chi connectivity index (χ4v) is 1.76. The number of carbonyl (C=O) groups excluding carboxylic acids is 1. The van der Waals surface area contributed by atoms with Gasteiger partial charge in [-0.3, -0.25) is 4.79 Å². The summed E-state index contributed by atoms with van der Waals surface area (Å²) >= 11 is 9.19. The van der Waals surface area contributed by atoms with E-state index < -0.39 is 0 Å². The van der Waals surface area contributed by atoms with Gasteiger partial charge >= 0.3 is 0 Å². The predicted molar refractivity (Wildman–Crippen MR) is 62.1 cm³/mol. The van der Waals surface area contributed by atoms with Crippen molar-refractivity contribution in [1.29, 1.82) is 0 Å². The Balaban J connectivity index is 3.09. The molecule has 0 aromatic heterocycles. The third kappa shape index (κ3) is 2.56. The number of hydrogen-bond acceptors (Lipinski definition) is 2. The van der Waals surface area contributed by atoms with Crippen molar-refractivity contribution in [2.24, 2.45) is 0 Å². The molecular formula is C10H11BrClNO. The number of nitrogens with one attached hydrogen (secondary N) is 1. The molecule has 14 heavy (non-hydrogen) atoms. The molecule has 4 heteroatoms. The number of hydrogen-bond donors (Lipinski definition) is 1. The van der Waals surface area contributed by atoms with Crippen LogP contribution in [-0.2, 0) is 0 Å². The van der Waals surface area contributed by atoms with Crippen LogP contribution in [0.5, 0.6) is 0 Å². The minimum absolute atomic E-state index is 0.0716. The van der Waals surface area contributed by atoms with Gasteiger partial charge in [0.1, 0.15) is 0 Å². The smallest absolute Gasteiger partial charge is 0.176 e. The summed E-state index contributed by atoms with van der Waals surface area (Å²) < 4.78 is 0.754. The normalized spacial score (nSPS) is 10.3. The molecule has 2 nitrogen and oxygen atoms in total. The monoisotopic (exact) mass is 275 g/mol. The zero-order chi connectivity index (χ0) is 10.7. The summed E-state index contributed by atoms with van der Waals surface area (Å²) in [6, 6.07) is 3.55. The van der Waals surface area contributed by atoms with Crippen LogP contribution >= 0.6 is 27.5 Å². The lowest BCUT2D eigenvalue weighted by atomic mass is 10.1. The molecule has 0 aliphatic rings. The standard InChI is InChI=1S/C10H11BrClNO/c1-6-3-9(12)8(11)4-7(6)10(14)5-13-2/h3-4,13H,5H2,1-2H3. The third-order valence-corrected chi connectivity index (χ3v) is 3.10. The van der Waals surface area contributed by atoms with Crippen molar-refractivity contribution < 1.29 is 4.79 Å². The van der Waals surface area contributed by atoms with E-state index in [2.05, 4.69) is 21.2 Å². The van der Waals surface area contributed by atoms with Gasteiger partial charge in [0.25, 0.3) is 0 Å². The first-order chi connectivity index (χ1) is 6.56. The Morgan fingerprint density at radius 2 is 2.21 bits per heavy atom. The first kappa shape index (κ1) is 11.7. The molecular weight excluding hydrogens is 265 g/mol. The molecule has 1 N–H and O–H groups in total. The Kier molecular flexibility index (Phi) is 4.11. The maximum Gasteiger partial charge on any atom is 0.176 e. The van der Waals surface area contributed by atoms with Gasteiger partial charge in [-0.25, -0.2) is 0 Å². The van der Waals surface area contributed by atoms with Gasteiger partial charge in [-0.05, 0) is 47.6 Å². The Labute approximate surface area is 96.8 Å². The van der Waals surface area contributed by atoms with Crippen molar-refractivity contribution in [3.8, 4) is 0 Å². The molecule has 1 aromatic carbocycles. The number of aryl methyl sites for hydroxylation is 1. The molecule has 0 radical (unpaired) electrons. The molecule has 0 aliphatic heterocycles. The van der Waals surface area contributed by atoms with E-state index in [9.17, 15) is 4.79 Å². The number of Topliss-reactive ketones (excluding diaryl/α,β-unsaturated/α-hetero) is 1.